The van der Waals surface area contributed by atoms with E-state index >= 15 is 0 Å². The molecule has 0 aliphatic rings. The van der Waals surface area contributed by atoms with E-state index in [-0.39, 0.29) is 22.7 Å². The van der Waals surface area contributed by atoms with Gasteiger partial charge < -0.3 is 5.32 Å². The van der Waals surface area contributed by atoms with Gasteiger partial charge in [-0.2, -0.15) is 4.72 Å². The van der Waals surface area contributed by atoms with E-state index in [0.717, 1.165) is 5.56 Å². The maximum absolute atomic E-state index is 12.9. The standard InChI is InChI=1S/C21H18ClN3O5S/c22-16-9-11-19(12-10-16)31(29,30)24-20(13-15-5-2-1-3-6-15)21(26)23-17-7-4-8-18(14-17)25(27)28/h1-12,14,20,24H,13H2,(H,23,26)/t20-/m0/s1. The molecule has 0 aromatic heterocycles. The van der Waals surface area contributed by atoms with Crippen LogP contribution in [0.1, 0.15) is 5.56 Å². The monoisotopic (exact) mass is 459 g/mol. The van der Waals surface area contributed by atoms with Gasteiger partial charge in [0, 0.05) is 22.8 Å². The van der Waals surface area contributed by atoms with Crippen molar-refractivity contribution in [3.63, 3.8) is 0 Å². The summed E-state index contributed by atoms with van der Waals surface area (Å²) >= 11 is 5.82. The van der Waals surface area contributed by atoms with Crippen molar-refractivity contribution >= 4 is 38.9 Å². The van der Waals surface area contributed by atoms with E-state index in [1.54, 1.807) is 30.3 Å². The summed E-state index contributed by atoms with van der Waals surface area (Å²) in [6.45, 7) is 0. The Bertz CT molecular complexity index is 1190. The smallest absolute Gasteiger partial charge is 0.271 e. The highest BCUT2D eigenvalue weighted by atomic mass is 35.5. The first-order chi connectivity index (χ1) is 14.7. The number of non-ortho nitro benzene ring substituents is 1. The van der Waals surface area contributed by atoms with E-state index in [1.165, 1.54) is 48.5 Å². The molecule has 160 valence electrons. The second kappa shape index (κ2) is 9.69. The molecule has 0 fully saturated rings. The van der Waals surface area contributed by atoms with Crippen LogP contribution >= 0.6 is 11.6 Å². The number of anilines is 1. The molecule has 0 bridgehead atoms. The van der Waals surface area contributed by atoms with Gasteiger partial charge in [0.1, 0.15) is 6.04 Å². The number of benzene rings is 3. The average Bonchev–Trinajstić information content (AvgIpc) is 2.74. The number of carbonyl (C=O) groups excluding carboxylic acids is 1. The number of nitro groups is 1. The van der Waals surface area contributed by atoms with Crippen LogP contribution in [0.15, 0.2) is 83.8 Å². The predicted octanol–water partition coefficient (Wildman–Crippen LogP) is 3.78. The number of halogens is 1. The molecule has 3 aromatic rings. The maximum atomic E-state index is 12.9. The fraction of sp³-hybridized carbons (Fsp3) is 0.0952. The largest absolute Gasteiger partial charge is 0.324 e. The normalized spacial score (nSPS) is 12.2. The van der Waals surface area contributed by atoms with Crippen molar-refractivity contribution in [3.05, 3.63) is 99.6 Å². The molecule has 31 heavy (non-hydrogen) atoms. The fourth-order valence-electron chi connectivity index (χ4n) is 2.83. The summed E-state index contributed by atoms with van der Waals surface area (Å²) < 4.78 is 28.1. The SMILES string of the molecule is O=C(Nc1cccc([N+](=O)[O-])c1)[C@H](Cc1ccccc1)NS(=O)(=O)c1ccc(Cl)cc1. The number of hydrogen-bond acceptors (Lipinski definition) is 5. The molecule has 1 atom stereocenters. The summed E-state index contributed by atoms with van der Waals surface area (Å²) in [6.07, 6.45) is 0.0778. The molecule has 8 nitrogen and oxygen atoms in total. The Labute approximate surface area is 184 Å². The maximum Gasteiger partial charge on any atom is 0.271 e. The van der Waals surface area contributed by atoms with E-state index in [9.17, 15) is 23.3 Å². The number of rotatable bonds is 8. The number of nitro benzene ring substituents is 1. The van der Waals surface area contributed by atoms with Crippen molar-refractivity contribution < 1.29 is 18.1 Å². The number of sulfonamides is 1. The summed E-state index contributed by atoms with van der Waals surface area (Å²) in [4.78, 5) is 23.3. The molecule has 0 aliphatic heterocycles. The first-order valence-electron chi connectivity index (χ1n) is 9.12. The zero-order chi connectivity index (χ0) is 22.4. The van der Waals surface area contributed by atoms with E-state index in [1.807, 2.05) is 0 Å². The van der Waals surface area contributed by atoms with Gasteiger partial charge in [-0.3, -0.25) is 14.9 Å². The summed E-state index contributed by atoms with van der Waals surface area (Å²) in [5.74, 6) is -0.651. The van der Waals surface area contributed by atoms with Gasteiger partial charge in [0.15, 0.2) is 0 Å². The minimum absolute atomic E-state index is 0.0434. The minimum Gasteiger partial charge on any atom is -0.324 e. The molecule has 1 amide bonds. The van der Waals surface area contributed by atoms with Crippen LogP contribution in [0.25, 0.3) is 0 Å². The number of nitrogens with zero attached hydrogens (tertiary/aromatic N) is 1. The molecule has 0 heterocycles. The van der Waals surface area contributed by atoms with E-state index in [4.69, 9.17) is 11.6 Å². The molecule has 0 saturated carbocycles. The lowest BCUT2D eigenvalue weighted by Gasteiger charge is -2.19. The molecule has 0 saturated heterocycles. The third-order valence-electron chi connectivity index (χ3n) is 4.34. The number of amides is 1. The number of hydrogen-bond donors (Lipinski definition) is 2. The van der Waals surface area contributed by atoms with Crippen molar-refractivity contribution in [2.45, 2.75) is 17.4 Å². The Morgan fingerprint density at radius 3 is 2.32 bits per heavy atom. The molecule has 3 aromatic carbocycles. The highest BCUT2D eigenvalue weighted by Gasteiger charge is 2.26. The van der Waals surface area contributed by atoms with Gasteiger partial charge in [0.05, 0.1) is 9.82 Å². The predicted molar refractivity (Wildman–Crippen MR) is 117 cm³/mol. The zero-order valence-electron chi connectivity index (χ0n) is 16.1. The van der Waals surface area contributed by atoms with Gasteiger partial charge in [0.25, 0.3) is 5.69 Å². The zero-order valence-corrected chi connectivity index (χ0v) is 17.6. The lowest BCUT2D eigenvalue weighted by molar-refractivity contribution is -0.384. The molecule has 3 rings (SSSR count). The molecule has 0 spiro atoms. The van der Waals surface area contributed by atoms with E-state index < -0.39 is 26.9 Å². The first kappa shape index (κ1) is 22.4. The summed E-state index contributed by atoms with van der Waals surface area (Å²) in [5, 5.41) is 13.9. The first-order valence-corrected chi connectivity index (χ1v) is 11.0. The molecule has 0 radical (unpaired) electrons. The van der Waals surface area contributed by atoms with Crippen LogP contribution in [-0.2, 0) is 21.2 Å². The van der Waals surface area contributed by atoms with E-state index in [0.29, 0.717) is 5.02 Å². The van der Waals surface area contributed by atoms with Crippen LogP contribution in [0.5, 0.6) is 0 Å². The van der Waals surface area contributed by atoms with Crippen LogP contribution in [0.2, 0.25) is 5.02 Å². The second-order valence-corrected chi connectivity index (χ2v) is 8.76. The van der Waals surface area contributed by atoms with Crippen LogP contribution in [0.3, 0.4) is 0 Å². The van der Waals surface area contributed by atoms with Crippen LogP contribution in [0, 0.1) is 10.1 Å². The van der Waals surface area contributed by atoms with Crippen molar-refractivity contribution in [2.75, 3.05) is 5.32 Å². The summed E-state index contributed by atoms with van der Waals surface area (Å²) in [6, 6.07) is 18.7. The Hall–Kier alpha value is -3.27. The Morgan fingerprint density at radius 1 is 1.00 bits per heavy atom. The molecule has 0 aliphatic carbocycles. The fourth-order valence-corrected chi connectivity index (χ4v) is 4.15. The van der Waals surface area contributed by atoms with Gasteiger partial charge >= 0.3 is 0 Å². The Kier molecular flexibility index (Phi) is 7.01. The van der Waals surface area contributed by atoms with Crippen LogP contribution in [-0.4, -0.2) is 25.3 Å². The average molecular weight is 460 g/mol. The third-order valence-corrected chi connectivity index (χ3v) is 6.08. The highest BCUT2D eigenvalue weighted by molar-refractivity contribution is 7.89. The third kappa shape index (κ3) is 6.11. The summed E-state index contributed by atoms with van der Waals surface area (Å²) in [7, 11) is -4.03. The van der Waals surface area contributed by atoms with Crippen molar-refractivity contribution in [1.82, 2.24) is 4.72 Å². The van der Waals surface area contributed by atoms with Gasteiger partial charge in [-0.05, 0) is 42.3 Å². The number of nitrogens with one attached hydrogen (secondary N) is 2. The Morgan fingerprint density at radius 2 is 1.68 bits per heavy atom. The molecular formula is C21H18ClN3O5S. The van der Waals surface area contributed by atoms with Gasteiger partial charge in [-0.25, -0.2) is 8.42 Å². The molecule has 0 unspecified atom stereocenters. The lowest BCUT2D eigenvalue weighted by Crippen LogP contribution is -2.45. The summed E-state index contributed by atoms with van der Waals surface area (Å²) in [5.41, 5.74) is 0.725. The molecular weight excluding hydrogens is 442 g/mol. The quantitative estimate of drug-likeness (QED) is 0.392. The van der Waals surface area contributed by atoms with Gasteiger partial charge in [-0.1, -0.05) is 48.0 Å². The van der Waals surface area contributed by atoms with Crippen molar-refractivity contribution in [1.29, 1.82) is 0 Å². The van der Waals surface area contributed by atoms with Crippen molar-refractivity contribution in [2.24, 2.45) is 0 Å². The van der Waals surface area contributed by atoms with Gasteiger partial charge in [0.2, 0.25) is 15.9 Å². The Balaban J connectivity index is 1.86. The van der Waals surface area contributed by atoms with E-state index in [2.05, 4.69) is 10.0 Å². The number of carbonyl (C=O) groups is 1. The van der Waals surface area contributed by atoms with Gasteiger partial charge in [-0.15, -0.1) is 0 Å². The molecule has 10 heteroatoms. The van der Waals surface area contributed by atoms with Crippen LogP contribution < -0.4 is 10.0 Å². The van der Waals surface area contributed by atoms with Crippen LogP contribution in [0.4, 0.5) is 11.4 Å². The topological polar surface area (TPSA) is 118 Å². The minimum atomic E-state index is -4.03. The lowest BCUT2D eigenvalue weighted by atomic mass is 10.1. The second-order valence-electron chi connectivity index (χ2n) is 6.61. The highest BCUT2D eigenvalue weighted by Crippen LogP contribution is 2.19. The van der Waals surface area contributed by atoms with Crippen molar-refractivity contribution in [3.8, 4) is 0 Å². The molecule has 2 N–H and O–H groups in total.